The van der Waals surface area contributed by atoms with Gasteiger partial charge in [0.1, 0.15) is 48.8 Å². The zero-order chi connectivity index (χ0) is 61.6. The Morgan fingerprint density at radius 3 is 1.29 bits per heavy atom. The van der Waals surface area contributed by atoms with Gasteiger partial charge in [-0.05, 0) is 77.0 Å². The fraction of sp³-hybridized carbons (Fsp3) is 0.789. The molecule has 2 heterocycles. The lowest BCUT2D eigenvalue weighted by molar-refractivity contribution is -0.359. The Hall–Kier alpha value is -2.83. The predicted molar refractivity (Wildman–Crippen MR) is 346 cm³/mol. The summed E-state index contributed by atoms with van der Waals surface area (Å²) in [7, 11) is 0. The van der Waals surface area contributed by atoms with Crippen LogP contribution in [0.3, 0.4) is 0 Å². The van der Waals surface area contributed by atoms with E-state index >= 15 is 0 Å². The number of allylic oxidation sites excluding steroid dienone is 13. The molecule has 12 atom stereocenters. The molecule has 85 heavy (non-hydrogen) atoms. The Kier molecular flexibility index (Phi) is 50.9. The molecule has 492 valence electrons. The molecule has 0 bridgehead atoms. The van der Waals surface area contributed by atoms with Crippen molar-refractivity contribution in [3.63, 3.8) is 0 Å². The minimum Gasteiger partial charge on any atom is -0.394 e. The van der Waals surface area contributed by atoms with Crippen LogP contribution in [0.1, 0.15) is 264 Å². The molecule has 14 nitrogen and oxygen atoms in total. The topological polar surface area (TPSA) is 228 Å². The van der Waals surface area contributed by atoms with Gasteiger partial charge < -0.3 is 65.1 Å². The zero-order valence-corrected chi connectivity index (χ0v) is 53.3. The van der Waals surface area contributed by atoms with E-state index in [1.165, 1.54) is 161 Å². The molecule has 0 aromatic carbocycles. The zero-order valence-electron chi connectivity index (χ0n) is 53.3. The highest BCUT2D eigenvalue weighted by molar-refractivity contribution is 5.76. The smallest absolute Gasteiger partial charge is 0.220 e. The summed E-state index contributed by atoms with van der Waals surface area (Å²) >= 11 is 0. The maximum absolute atomic E-state index is 13.3. The summed E-state index contributed by atoms with van der Waals surface area (Å²) in [6, 6.07) is -0.939. The third kappa shape index (κ3) is 39.7. The minimum atomic E-state index is -1.80. The lowest BCUT2D eigenvalue weighted by Gasteiger charge is -2.46. The Morgan fingerprint density at radius 2 is 0.824 bits per heavy atom. The Bertz CT molecular complexity index is 1750. The van der Waals surface area contributed by atoms with Crippen LogP contribution in [0.4, 0.5) is 0 Å². The highest BCUT2D eigenvalue weighted by atomic mass is 16.7. The summed E-state index contributed by atoms with van der Waals surface area (Å²) in [5.41, 5.74) is 0. The molecule has 0 radical (unpaired) electrons. The third-order valence-corrected chi connectivity index (χ3v) is 16.3. The number of rotatable bonds is 55. The number of hydrogen-bond acceptors (Lipinski definition) is 13. The quantitative estimate of drug-likeness (QED) is 0.0204. The molecular formula is C71H125NO13. The molecule has 2 fully saturated rings. The molecule has 2 saturated heterocycles. The number of ether oxygens (including phenoxy) is 4. The van der Waals surface area contributed by atoms with Crippen molar-refractivity contribution >= 4 is 5.91 Å². The number of unbranched alkanes of at least 4 members (excludes halogenated alkanes) is 30. The largest absolute Gasteiger partial charge is 0.394 e. The molecule has 0 saturated carbocycles. The maximum Gasteiger partial charge on any atom is 0.220 e. The lowest BCUT2D eigenvalue weighted by atomic mass is 9.97. The van der Waals surface area contributed by atoms with Crippen molar-refractivity contribution in [2.24, 2.45) is 0 Å². The monoisotopic (exact) mass is 1200 g/mol. The fourth-order valence-electron chi connectivity index (χ4n) is 10.9. The average Bonchev–Trinajstić information content (AvgIpc) is 3.68. The SMILES string of the molecule is CC/C=C\C/C=C\C/C=C\C/C=C\C/C=C\CCCCCCCCCCCCCC(=O)NC(COC1OC(CO)C(OC2OC(CO)C(O)C(O)C2O)C(O)C1O)C(O)/C=C/CC/C=C/CCCCCCCCCCCCCCCCCCCC. The number of aliphatic hydroxyl groups excluding tert-OH is 8. The van der Waals surface area contributed by atoms with Gasteiger partial charge in [0.2, 0.25) is 5.91 Å². The predicted octanol–water partition coefficient (Wildman–Crippen LogP) is 13.6. The molecule has 0 aliphatic carbocycles. The summed E-state index contributed by atoms with van der Waals surface area (Å²) in [6.07, 6.45) is 59.1. The first-order chi connectivity index (χ1) is 41.6. The molecule has 12 unspecified atom stereocenters. The third-order valence-electron chi connectivity index (χ3n) is 16.3. The minimum absolute atomic E-state index is 0.253. The van der Waals surface area contributed by atoms with Crippen LogP contribution in [0.25, 0.3) is 0 Å². The van der Waals surface area contributed by atoms with Gasteiger partial charge in [-0.3, -0.25) is 4.79 Å². The second-order valence-electron chi connectivity index (χ2n) is 23.9. The molecule has 9 N–H and O–H groups in total. The molecule has 0 aromatic rings. The maximum atomic E-state index is 13.3. The summed E-state index contributed by atoms with van der Waals surface area (Å²) < 4.78 is 22.8. The number of aliphatic hydroxyl groups is 8. The van der Waals surface area contributed by atoms with E-state index in [0.717, 1.165) is 70.6 Å². The number of carbonyl (C=O) groups excluding carboxylic acids is 1. The number of amides is 1. The van der Waals surface area contributed by atoms with Crippen LogP contribution >= 0.6 is 0 Å². The number of nitrogens with one attached hydrogen (secondary N) is 1. The normalized spacial score (nSPS) is 24.1. The lowest BCUT2D eigenvalue weighted by Crippen LogP contribution is -2.65. The Balaban J connectivity index is 1.72. The van der Waals surface area contributed by atoms with E-state index in [4.69, 9.17) is 18.9 Å². The molecule has 1 amide bonds. The standard InChI is InChI=1S/C71H125NO13/c1-3-5-7-9-11-13-15-17-19-21-23-25-27-29-30-31-33-35-37-39-41-43-45-47-49-51-53-55-63(76)72-59(58-82-70-68(81)66(79)69(62(57-74)84-70)85-71-67(80)65(78)64(77)61(56-73)83-71)60(75)54-52-50-48-46-44-42-40-38-36-34-32-28-26-24-22-20-18-16-14-12-10-8-6-4-2/h5,7,11,13,17,19,23,25,29-30,44,46,52,54,59-62,64-71,73-75,77-81H,3-4,6,8-10,12,14-16,18,20-22,24,26-28,31-43,45,47-51,53,55-58H2,1-2H3,(H,72,76)/b7-5-,13-11-,19-17-,25-23-,30-29-,46-44+,54-52+. The van der Waals surface area contributed by atoms with Crippen molar-refractivity contribution in [2.45, 2.75) is 338 Å². The van der Waals surface area contributed by atoms with Gasteiger partial charge in [0.15, 0.2) is 12.6 Å². The van der Waals surface area contributed by atoms with E-state index in [0.29, 0.717) is 12.8 Å². The number of carbonyl (C=O) groups is 1. The van der Waals surface area contributed by atoms with Gasteiger partial charge in [-0.15, -0.1) is 0 Å². The summed E-state index contributed by atoms with van der Waals surface area (Å²) in [5.74, 6) is -0.253. The Labute approximate surface area is 516 Å². The van der Waals surface area contributed by atoms with E-state index in [1.807, 2.05) is 6.08 Å². The van der Waals surface area contributed by atoms with Crippen LogP contribution in [-0.4, -0.2) is 140 Å². The highest BCUT2D eigenvalue weighted by Gasteiger charge is 2.51. The van der Waals surface area contributed by atoms with Crippen LogP contribution in [-0.2, 0) is 23.7 Å². The van der Waals surface area contributed by atoms with Gasteiger partial charge in [0, 0.05) is 6.42 Å². The fourth-order valence-corrected chi connectivity index (χ4v) is 10.9. The molecule has 2 aliphatic rings. The molecule has 0 spiro atoms. The van der Waals surface area contributed by atoms with E-state index in [2.05, 4.69) is 92.1 Å². The summed E-state index contributed by atoms with van der Waals surface area (Å²) in [6.45, 7) is 2.69. The van der Waals surface area contributed by atoms with E-state index in [1.54, 1.807) is 6.08 Å². The van der Waals surface area contributed by atoms with Crippen LogP contribution in [0.5, 0.6) is 0 Å². The molecule has 2 rings (SSSR count). The summed E-state index contributed by atoms with van der Waals surface area (Å²) in [4.78, 5) is 13.3. The van der Waals surface area contributed by atoms with Crippen LogP contribution < -0.4 is 5.32 Å². The van der Waals surface area contributed by atoms with Gasteiger partial charge in [-0.2, -0.15) is 0 Å². The second-order valence-corrected chi connectivity index (χ2v) is 23.9. The first-order valence-corrected chi connectivity index (χ1v) is 34.3. The first kappa shape index (κ1) is 78.3. The van der Waals surface area contributed by atoms with Crippen molar-refractivity contribution in [3.05, 3.63) is 85.1 Å². The van der Waals surface area contributed by atoms with E-state index < -0.39 is 86.8 Å². The number of hydrogen-bond donors (Lipinski definition) is 9. The summed E-state index contributed by atoms with van der Waals surface area (Å²) in [5, 5.41) is 87.4. The van der Waals surface area contributed by atoms with Crippen molar-refractivity contribution in [3.8, 4) is 0 Å². The first-order valence-electron chi connectivity index (χ1n) is 34.3. The highest BCUT2D eigenvalue weighted by Crippen LogP contribution is 2.30. The van der Waals surface area contributed by atoms with Crippen LogP contribution in [0.15, 0.2) is 85.1 Å². The van der Waals surface area contributed by atoms with Crippen molar-refractivity contribution in [2.75, 3.05) is 19.8 Å². The Morgan fingerprint density at radius 1 is 0.435 bits per heavy atom. The van der Waals surface area contributed by atoms with Gasteiger partial charge in [-0.25, -0.2) is 0 Å². The molecular weight excluding hydrogens is 1070 g/mol. The molecule has 2 aliphatic heterocycles. The van der Waals surface area contributed by atoms with Crippen LogP contribution in [0.2, 0.25) is 0 Å². The van der Waals surface area contributed by atoms with E-state index in [-0.39, 0.29) is 18.9 Å². The van der Waals surface area contributed by atoms with Crippen LogP contribution in [0, 0.1) is 0 Å². The molecule has 0 aromatic heterocycles. The van der Waals surface area contributed by atoms with Crippen molar-refractivity contribution in [1.29, 1.82) is 0 Å². The van der Waals surface area contributed by atoms with E-state index in [9.17, 15) is 45.6 Å². The second kappa shape index (κ2) is 55.3. The van der Waals surface area contributed by atoms with Crippen molar-refractivity contribution in [1.82, 2.24) is 5.32 Å². The molecule has 14 heteroatoms. The van der Waals surface area contributed by atoms with Gasteiger partial charge in [-0.1, -0.05) is 266 Å². The van der Waals surface area contributed by atoms with Gasteiger partial charge >= 0.3 is 0 Å². The van der Waals surface area contributed by atoms with Gasteiger partial charge in [0.25, 0.3) is 0 Å². The average molecular weight is 1200 g/mol. The van der Waals surface area contributed by atoms with Gasteiger partial charge in [0.05, 0.1) is 32.0 Å². The van der Waals surface area contributed by atoms with Crippen molar-refractivity contribution < 1.29 is 64.6 Å².